The van der Waals surface area contributed by atoms with Crippen LogP contribution in [0, 0.1) is 23.3 Å². The zero-order valence-corrected chi connectivity index (χ0v) is 6.97. The number of benzene rings is 1. The molecule has 1 atom stereocenters. The van der Waals surface area contributed by atoms with E-state index >= 15 is 0 Å². The predicted molar refractivity (Wildman–Crippen MR) is 38.9 cm³/mol. The number of hydrogen-bond donors (Lipinski definition) is 2. The van der Waals surface area contributed by atoms with E-state index in [-0.39, 0.29) is 6.07 Å². The van der Waals surface area contributed by atoms with Gasteiger partial charge < -0.3 is 10.2 Å². The SMILES string of the molecule is O=C(O)C(O)c1cc(F)c(F)c(F)c1F. The minimum absolute atomic E-state index is 0.0898. The first-order chi connectivity index (χ1) is 6.86. The van der Waals surface area contributed by atoms with Crippen LogP contribution in [0.25, 0.3) is 0 Å². The second kappa shape index (κ2) is 3.85. The van der Waals surface area contributed by atoms with Gasteiger partial charge in [-0.2, -0.15) is 0 Å². The average Bonchev–Trinajstić information content (AvgIpc) is 2.19. The van der Waals surface area contributed by atoms with Crippen LogP contribution < -0.4 is 0 Å². The monoisotopic (exact) mass is 224 g/mol. The molecule has 0 radical (unpaired) electrons. The molecule has 0 bridgehead atoms. The van der Waals surface area contributed by atoms with Crippen molar-refractivity contribution in [3.05, 3.63) is 34.9 Å². The van der Waals surface area contributed by atoms with Gasteiger partial charge in [0.05, 0.1) is 0 Å². The van der Waals surface area contributed by atoms with E-state index in [9.17, 15) is 22.4 Å². The number of carboxylic acids is 1. The van der Waals surface area contributed by atoms with E-state index < -0.39 is 40.9 Å². The lowest BCUT2D eigenvalue weighted by Gasteiger charge is -2.08. The summed E-state index contributed by atoms with van der Waals surface area (Å²) >= 11 is 0. The molecule has 0 aliphatic carbocycles. The van der Waals surface area contributed by atoms with E-state index in [0.717, 1.165) is 0 Å². The highest BCUT2D eigenvalue weighted by Crippen LogP contribution is 2.23. The largest absolute Gasteiger partial charge is 0.479 e. The third kappa shape index (κ3) is 1.91. The maximum absolute atomic E-state index is 12.8. The van der Waals surface area contributed by atoms with Crippen LogP contribution in [0.2, 0.25) is 0 Å². The van der Waals surface area contributed by atoms with Crippen molar-refractivity contribution in [1.82, 2.24) is 0 Å². The zero-order chi connectivity index (χ0) is 11.7. The lowest BCUT2D eigenvalue weighted by Crippen LogP contribution is -2.14. The molecule has 2 N–H and O–H groups in total. The first-order valence-electron chi connectivity index (χ1n) is 3.60. The van der Waals surface area contributed by atoms with Gasteiger partial charge in [0.2, 0.25) is 0 Å². The Bertz CT molecular complexity index is 419. The van der Waals surface area contributed by atoms with Crippen molar-refractivity contribution in [3.63, 3.8) is 0 Å². The number of hydrogen-bond acceptors (Lipinski definition) is 2. The van der Waals surface area contributed by atoms with E-state index in [4.69, 9.17) is 10.2 Å². The zero-order valence-electron chi connectivity index (χ0n) is 6.97. The molecule has 0 heterocycles. The normalized spacial score (nSPS) is 12.6. The van der Waals surface area contributed by atoms with Crippen LogP contribution in [-0.2, 0) is 4.79 Å². The van der Waals surface area contributed by atoms with Gasteiger partial charge in [0.25, 0.3) is 0 Å². The number of carboxylic acid groups (broad SMARTS) is 1. The summed E-state index contributed by atoms with van der Waals surface area (Å²) in [7, 11) is 0. The standard InChI is InChI=1S/C8H4F4O3/c9-3-1-2(7(13)8(14)15)4(10)6(12)5(3)11/h1,7,13H,(H,14,15). The van der Waals surface area contributed by atoms with Crippen LogP contribution in [-0.4, -0.2) is 16.2 Å². The summed E-state index contributed by atoms with van der Waals surface area (Å²) in [6, 6.07) is 0.0898. The molecule has 0 aliphatic heterocycles. The number of aliphatic hydroxyl groups is 1. The van der Waals surface area contributed by atoms with Gasteiger partial charge in [-0.25, -0.2) is 22.4 Å². The van der Waals surface area contributed by atoms with Gasteiger partial charge in [0, 0.05) is 5.56 Å². The van der Waals surface area contributed by atoms with Crippen molar-refractivity contribution < 1.29 is 32.6 Å². The van der Waals surface area contributed by atoms with Crippen LogP contribution in [0.5, 0.6) is 0 Å². The summed E-state index contributed by atoms with van der Waals surface area (Å²) in [5.74, 6) is -9.83. The molecule has 0 spiro atoms. The molecule has 0 amide bonds. The van der Waals surface area contributed by atoms with Crippen molar-refractivity contribution in [3.8, 4) is 0 Å². The van der Waals surface area contributed by atoms with Gasteiger partial charge in [0.15, 0.2) is 29.4 Å². The Morgan fingerprint density at radius 2 is 1.67 bits per heavy atom. The molecule has 0 fully saturated rings. The second-order valence-corrected chi connectivity index (χ2v) is 2.63. The lowest BCUT2D eigenvalue weighted by molar-refractivity contribution is -0.147. The summed E-state index contributed by atoms with van der Waals surface area (Å²) in [6.45, 7) is 0. The lowest BCUT2D eigenvalue weighted by atomic mass is 10.1. The fourth-order valence-corrected chi connectivity index (χ4v) is 0.923. The molecule has 1 aromatic carbocycles. The van der Waals surface area contributed by atoms with Crippen LogP contribution in [0.3, 0.4) is 0 Å². The molecular formula is C8H4F4O3. The Labute approximate surface area is 80.6 Å². The van der Waals surface area contributed by atoms with E-state index in [1.165, 1.54) is 0 Å². The second-order valence-electron chi connectivity index (χ2n) is 2.63. The van der Waals surface area contributed by atoms with Crippen LogP contribution in [0.1, 0.15) is 11.7 Å². The summed E-state index contributed by atoms with van der Waals surface area (Å²) in [5, 5.41) is 17.1. The van der Waals surface area contributed by atoms with Crippen molar-refractivity contribution >= 4 is 5.97 Å². The van der Waals surface area contributed by atoms with E-state index in [1.54, 1.807) is 0 Å². The Hall–Kier alpha value is -1.63. The summed E-state index contributed by atoms with van der Waals surface area (Å²) in [6.07, 6.45) is -2.45. The molecule has 7 heteroatoms. The molecule has 0 saturated heterocycles. The minimum Gasteiger partial charge on any atom is -0.479 e. The molecule has 0 saturated carbocycles. The Morgan fingerprint density at radius 1 is 1.13 bits per heavy atom. The van der Waals surface area contributed by atoms with Gasteiger partial charge in [-0.1, -0.05) is 0 Å². The minimum atomic E-state index is -2.45. The van der Waals surface area contributed by atoms with Crippen molar-refractivity contribution in [2.45, 2.75) is 6.10 Å². The summed E-state index contributed by atoms with van der Waals surface area (Å²) in [5.41, 5.74) is -1.17. The average molecular weight is 224 g/mol. The van der Waals surface area contributed by atoms with Crippen molar-refractivity contribution in [2.75, 3.05) is 0 Å². The number of aliphatic hydroxyl groups excluding tert-OH is 1. The third-order valence-electron chi connectivity index (χ3n) is 1.66. The predicted octanol–water partition coefficient (Wildman–Crippen LogP) is 1.36. The molecule has 1 unspecified atom stereocenters. The number of rotatable bonds is 2. The smallest absolute Gasteiger partial charge is 0.337 e. The van der Waals surface area contributed by atoms with Gasteiger partial charge >= 0.3 is 5.97 Å². The highest BCUT2D eigenvalue weighted by atomic mass is 19.2. The first kappa shape index (κ1) is 11.4. The highest BCUT2D eigenvalue weighted by Gasteiger charge is 2.26. The Morgan fingerprint density at radius 3 is 2.13 bits per heavy atom. The van der Waals surface area contributed by atoms with Crippen molar-refractivity contribution in [1.29, 1.82) is 0 Å². The summed E-state index contributed by atoms with van der Waals surface area (Å²) in [4.78, 5) is 10.2. The Kier molecular flexibility index (Phi) is 2.94. The third-order valence-corrected chi connectivity index (χ3v) is 1.66. The first-order valence-corrected chi connectivity index (χ1v) is 3.60. The van der Waals surface area contributed by atoms with Gasteiger partial charge in [-0.15, -0.1) is 0 Å². The number of halogens is 4. The van der Waals surface area contributed by atoms with Gasteiger partial charge in [-0.05, 0) is 6.07 Å². The molecule has 15 heavy (non-hydrogen) atoms. The van der Waals surface area contributed by atoms with Crippen LogP contribution in [0.15, 0.2) is 6.07 Å². The van der Waals surface area contributed by atoms with Crippen LogP contribution in [0.4, 0.5) is 17.6 Å². The van der Waals surface area contributed by atoms with E-state index in [0.29, 0.717) is 0 Å². The van der Waals surface area contributed by atoms with Crippen molar-refractivity contribution in [2.24, 2.45) is 0 Å². The maximum Gasteiger partial charge on any atom is 0.337 e. The molecule has 1 rings (SSSR count). The van der Waals surface area contributed by atoms with Crippen LogP contribution >= 0.6 is 0 Å². The van der Waals surface area contributed by atoms with E-state index in [2.05, 4.69) is 0 Å². The molecule has 3 nitrogen and oxygen atoms in total. The van der Waals surface area contributed by atoms with Gasteiger partial charge in [-0.3, -0.25) is 0 Å². The van der Waals surface area contributed by atoms with E-state index in [1.807, 2.05) is 0 Å². The van der Waals surface area contributed by atoms with Gasteiger partial charge in [0.1, 0.15) is 0 Å². The fraction of sp³-hybridized carbons (Fsp3) is 0.125. The number of aliphatic carboxylic acids is 1. The number of carbonyl (C=O) groups is 1. The molecule has 1 aromatic rings. The summed E-state index contributed by atoms with van der Waals surface area (Å²) < 4.78 is 50.4. The quantitative estimate of drug-likeness (QED) is 0.453. The molecule has 82 valence electrons. The maximum atomic E-state index is 12.8. The highest BCUT2D eigenvalue weighted by molar-refractivity contribution is 5.74. The fourth-order valence-electron chi connectivity index (χ4n) is 0.923. The molecule has 0 aromatic heterocycles. The Balaban J connectivity index is 3.38. The molecule has 0 aliphatic rings. The topological polar surface area (TPSA) is 57.5 Å². The molecular weight excluding hydrogens is 220 g/mol.